The van der Waals surface area contributed by atoms with Crippen LogP contribution in [0.4, 0.5) is 11.4 Å². The van der Waals surface area contributed by atoms with Crippen LogP contribution in [-0.4, -0.2) is 17.9 Å². The molecule has 6 heteroatoms. The van der Waals surface area contributed by atoms with E-state index in [2.05, 4.69) is 6.92 Å². The van der Waals surface area contributed by atoms with E-state index in [1.165, 1.54) is 4.90 Å². The van der Waals surface area contributed by atoms with Crippen molar-refractivity contribution >= 4 is 23.2 Å². The molecule has 2 aliphatic rings. The van der Waals surface area contributed by atoms with Crippen LogP contribution in [0.3, 0.4) is 0 Å². The maximum absolute atomic E-state index is 13.4. The van der Waals surface area contributed by atoms with Crippen molar-refractivity contribution in [1.29, 1.82) is 0 Å². The van der Waals surface area contributed by atoms with Crippen LogP contribution >= 0.6 is 0 Å². The quantitative estimate of drug-likeness (QED) is 0.635. The van der Waals surface area contributed by atoms with Gasteiger partial charge in [0, 0.05) is 0 Å². The molecule has 6 nitrogen and oxygen atoms in total. The number of imide groups is 1. The maximum Gasteiger partial charge on any atom is 0.266 e. The summed E-state index contributed by atoms with van der Waals surface area (Å²) in [5.41, 5.74) is 2.48. The Morgan fingerprint density at radius 2 is 1.62 bits per heavy atom. The minimum Gasteiger partial charge on any atom is -0.467 e. The Morgan fingerprint density at radius 3 is 2.28 bits per heavy atom. The molecule has 0 N–H and O–H groups in total. The number of furan rings is 1. The number of rotatable bonds is 4. The SMILES string of the molecule is CCc1ccc(N2C(=O)[C@H]3[C@@H](ON(c4ccccc4)[C@H]3c3ccco3)C2=O)cc1. The number of hydrogen-bond acceptors (Lipinski definition) is 5. The van der Waals surface area contributed by atoms with Crippen molar-refractivity contribution in [2.45, 2.75) is 25.5 Å². The van der Waals surface area contributed by atoms with Crippen LogP contribution in [0.15, 0.2) is 77.4 Å². The standard InChI is InChI=1S/C23H20N2O4/c1-2-15-10-12-16(13-11-15)24-22(26)19-20(18-9-6-14-28-18)25(29-21(19)23(24)27)17-7-4-3-5-8-17/h3-14,19-21H,2H2,1H3/t19-,20+,21-/m1/s1. The Bertz CT molecular complexity index is 1030. The fraction of sp³-hybridized carbons (Fsp3) is 0.217. The normalized spacial score (nSPS) is 23.7. The molecule has 29 heavy (non-hydrogen) atoms. The van der Waals surface area contributed by atoms with Crippen molar-refractivity contribution in [2.75, 3.05) is 9.96 Å². The zero-order valence-electron chi connectivity index (χ0n) is 15.9. The number of aryl methyl sites for hydroxylation is 1. The van der Waals surface area contributed by atoms with E-state index in [-0.39, 0.29) is 11.8 Å². The number of para-hydroxylation sites is 1. The Morgan fingerprint density at radius 1 is 0.862 bits per heavy atom. The molecule has 3 heterocycles. The van der Waals surface area contributed by atoms with Crippen molar-refractivity contribution in [1.82, 2.24) is 0 Å². The second-order valence-electron chi connectivity index (χ2n) is 7.21. The highest BCUT2D eigenvalue weighted by atomic mass is 16.7. The zero-order valence-corrected chi connectivity index (χ0v) is 15.9. The van der Waals surface area contributed by atoms with Crippen molar-refractivity contribution in [3.63, 3.8) is 0 Å². The molecule has 3 aromatic rings. The van der Waals surface area contributed by atoms with Gasteiger partial charge in [0.15, 0.2) is 6.10 Å². The summed E-state index contributed by atoms with van der Waals surface area (Å²) < 4.78 is 5.63. The van der Waals surface area contributed by atoms with E-state index < -0.39 is 18.1 Å². The Labute approximate surface area is 168 Å². The van der Waals surface area contributed by atoms with Crippen molar-refractivity contribution < 1.29 is 18.8 Å². The van der Waals surface area contributed by atoms with E-state index in [9.17, 15) is 9.59 Å². The van der Waals surface area contributed by atoms with E-state index in [0.29, 0.717) is 11.4 Å². The average Bonchev–Trinajstić information content (AvgIpc) is 3.47. The summed E-state index contributed by atoms with van der Waals surface area (Å²) in [6.45, 7) is 2.06. The molecular weight excluding hydrogens is 368 g/mol. The summed E-state index contributed by atoms with van der Waals surface area (Å²) in [5.74, 6) is -0.714. The first-order valence-corrected chi connectivity index (χ1v) is 9.70. The zero-order chi connectivity index (χ0) is 20.0. The monoisotopic (exact) mass is 388 g/mol. The summed E-state index contributed by atoms with van der Waals surface area (Å²) >= 11 is 0. The lowest BCUT2D eigenvalue weighted by Crippen LogP contribution is -2.37. The fourth-order valence-corrected chi connectivity index (χ4v) is 4.10. The van der Waals surface area contributed by atoms with Gasteiger partial charge in [0.1, 0.15) is 17.7 Å². The fourth-order valence-electron chi connectivity index (χ4n) is 4.10. The molecule has 2 saturated heterocycles. The first-order chi connectivity index (χ1) is 14.2. The van der Waals surface area contributed by atoms with Gasteiger partial charge in [-0.2, -0.15) is 0 Å². The van der Waals surface area contributed by atoms with Crippen LogP contribution in [0.5, 0.6) is 0 Å². The molecule has 0 unspecified atom stereocenters. The average molecular weight is 388 g/mol. The third kappa shape index (κ3) is 2.76. The molecule has 0 saturated carbocycles. The highest BCUT2D eigenvalue weighted by Gasteiger charge is 2.61. The summed E-state index contributed by atoms with van der Waals surface area (Å²) in [4.78, 5) is 33.9. The predicted molar refractivity (Wildman–Crippen MR) is 107 cm³/mol. The first-order valence-electron chi connectivity index (χ1n) is 9.70. The highest BCUT2D eigenvalue weighted by Crippen LogP contribution is 2.47. The molecule has 0 bridgehead atoms. The van der Waals surface area contributed by atoms with Crippen LogP contribution in [0.2, 0.25) is 0 Å². The molecule has 2 amide bonds. The van der Waals surface area contributed by atoms with Crippen LogP contribution in [0, 0.1) is 5.92 Å². The number of carbonyl (C=O) groups is 2. The van der Waals surface area contributed by atoms with Crippen LogP contribution < -0.4 is 9.96 Å². The molecule has 0 radical (unpaired) electrons. The number of benzene rings is 2. The molecule has 3 atom stereocenters. The Kier molecular flexibility index (Phi) is 4.21. The molecular formula is C23H20N2O4. The number of anilines is 2. The van der Waals surface area contributed by atoms with Crippen LogP contribution in [0.25, 0.3) is 0 Å². The predicted octanol–water partition coefficient (Wildman–Crippen LogP) is 3.89. The van der Waals surface area contributed by atoms with Crippen molar-refractivity contribution in [2.24, 2.45) is 5.92 Å². The van der Waals surface area contributed by atoms with Gasteiger partial charge in [-0.3, -0.25) is 14.4 Å². The van der Waals surface area contributed by atoms with Gasteiger partial charge >= 0.3 is 0 Å². The molecule has 5 rings (SSSR count). The van der Waals surface area contributed by atoms with E-state index in [4.69, 9.17) is 9.25 Å². The highest BCUT2D eigenvalue weighted by molar-refractivity contribution is 6.23. The number of carbonyl (C=O) groups excluding carboxylic acids is 2. The second-order valence-corrected chi connectivity index (χ2v) is 7.21. The minimum atomic E-state index is -0.886. The van der Waals surface area contributed by atoms with Crippen LogP contribution in [-0.2, 0) is 20.8 Å². The van der Waals surface area contributed by atoms with Gasteiger partial charge in [0.25, 0.3) is 5.91 Å². The summed E-state index contributed by atoms with van der Waals surface area (Å²) in [7, 11) is 0. The third-order valence-corrected chi connectivity index (χ3v) is 5.56. The first kappa shape index (κ1) is 17.7. The van der Waals surface area contributed by atoms with Gasteiger partial charge in [-0.05, 0) is 48.4 Å². The Hall–Kier alpha value is -3.38. The number of hydrogen-bond donors (Lipinski definition) is 0. The molecule has 0 spiro atoms. The lowest BCUT2D eigenvalue weighted by Gasteiger charge is -2.27. The van der Waals surface area contributed by atoms with Crippen molar-refractivity contribution in [3.8, 4) is 0 Å². The number of fused-ring (bicyclic) bond motifs is 1. The second kappa shape index (κ2) is 6.90. The lowest BCUT2D eigenvalue weighted by atomic mass is 9.94. The summed E-state index contributed by atoms with van der Waals surface area (Å²) in [6, 6.07) is 20.0. The molecule has 2 aromatic carbocycles. The summed E-state index contributed by atoms with van der Waals surface area (Å²) in [6.07, 6.45) is 1.57. The number of amides is 2. The van der Waals surface area contributed by atoms with Gasteiger partial charge < -0.3 is 4.42 Å². The Balaban J connectivity index is 1.54. The van der Waals surface area contributed by atoms with E-state index in [0.717, 1.165) is 17.7 Å². The maximum atomic E-state index is 13.4. The third-order valence-electron chi connectivity index (χ3n) is 5.56. The van der Waals surface area contributed by atoms with E-state index in [1.54, 1.807) is 17.4 Å². The lowest BCUT2D eigenvalue weighted by molar-refractivity contribution is -0.126. The molecule has 0 aliphatic carbocycles. The van der Waals surface area contributed by atoms with Crippen molar-refractivity contribution in [3.05, 3.63) is 84.3 Å². The minimum absolute atomic E-state index is 0.274. The molecule has 1 aromatic heterocycles. The largest absolute Gasteiger partial charge is 0.467 e. The molecule has 2 aliphatic heterocycles. The van der Waals surface area contributed by atoms with Crippen LogP contribution in [0.1, 0.15) is 24.3 Å². The van der Waals surface area contributed by atoms with E-state index >= 15 is 0 Å². The van der Waals surface area contributed by atoms with Gasteiger partial charge in [0.2, 0.25) is 5.91 Å². The molecule has 146 valence electrons. The van der Waals surface area contributed by atoms with E-state index in [1.807, 2.05) is 60.7 Å². The smallest absolute Gasteiger partial charge is 0.266 e. The number of hydroxylamine groups is 1. The van der Waals surface area contributed by atoms with Gasteiger partial charge in [-0.15, -0.1) is 0 Å². The number of nitrogens with zero attached hydrogens (tertiary/aromatic N) is 2. The van der Waals surface area contributed by atoms with Gasteiger partial charge in [-0.25, -0.2) is 9.96 Å². The topological polar surface area (TPSA) is 63.0 Å². The van der Waals surface area contributed by atoms with Gasteiger partial charge in [0.05, 0.1) is 17.6 Å². The summed E-state index contributed by atoms with van der Waals surface area (Å²) in [5, 5.41) is 1.63. The molecule has 2 fully saturated rings. The van der Waals surface area contributed by atoms with Gasteiger partial charge in [-0.1, -0.05) is 37.3 Å².